The Balaban J connectivity index is 3.10. The highest BCUT2D eigenvalue weighted by Crippen LogP contribution is 2.27. The summed E-state index contributed by atoms with van der Waals surface area (Å²) in [4.78, 5) is 0. The van der Waals surface area contributed by atoms with E-state index in [9.17, 15) is 8.78 Å². The highest BCUT2D eigenvalue weighted by molar-refractivity contribution is 9.10. The van der Waals surface area contributed by atoms with E-state index < -0.39 is 6.61 Å². The van der Waals surface area contributed by atoms with Gasteiger partial charge in [0.15, 0.2) is 0 Å². The van der Waals surface area contributed by atoms with E-state index >= 15 is 0 Å². The minimum Gasteiger partial charge on any atom is -0.434 e. The van der Waals surface area contributed by atoms with E-state index in [1.165, 1.54) is 6.07 Å². The molecule has 0 unspecified atom stereocenters. The van der Waals surface area contributed by atoms with Crippen LogP contribution in [0.4, 0.5) is 8.78 Å². The van der Waals surface area contributed by atoms with Crippen molar-refractivity contribution in [3.63, 3.8) is 0 Å². The first kappa shape index (κ1) is 14.5. The summed E-state index contributed by atoms with van der Waals surface area (Å²) in [5.74, 6) is 0.524. The van der Waals surface area contributed by atoms with Gasteiger partial charge in [-0.1, -0.05) is 34.5 Å². The van der Waals surface area contributed by atoms with Crippen LogP contribution in [-0.4, -0.2) is 12.5 Å². The maximum absolute atomic E-state index is 12.2. The van der Waals surface area contributed by atoms with Crippen LogP contribution in [0, 0.1) is 0 Å². The molecule has 1 aromatic carbocycles. The smallest absolute Gasteiger partial charge is 0.387 e. The number of hydrogen-bond donors (Lipinski definition) is 0. The predicted molar refractivity (Wildman–Crippen MR) is 69.8 cm³/mol. The SMILES string of the molecule is CCC(=Cc1cc(Br)ccc1OC(F)F)CCl. The maximum Gasteiger partial charge on any atom is 0.387 e. The number of halogens is 4. The monoisotopic (exact) mass is 324 g/mol. The average molecular weight is 326 g/mol. The number of rotatable bonds is 5. The Bertz CT molecular complexity index is 401. The molecule has 0 spiro atoms. The van der Waals surface area contributed by atoms with E-state index in [2.05, 4.69) is 20.7 Å². The summed E-state index contributed by atoms with van der Waals surface area (Å²) in [7, 11) is 0. The van der Waals surface area contributed by atoms with Crippen LogP contribution < -0.4 is 4.74 Å². The van der Waals surface area contributed by atoms with E-state index in [-0.39, 0.29) is 5.75 Å². The van der Waals surface area contributed by atoms with Gasteiger partial charge < -0.3 is 4.74 Å². The summed E-state index contributed by atoms with van der Waals surface area (Å²) in [6, 6.07) is 4.88. The summed E-state index contributed by atoms with van der Waals surface area (Å²) in [6.45, 7) is -0.871. The number of alkyl halides is 3. The average Bonchev–Trinajstić information content (AvgIpc) is 2.28. The lowest BCUT2D eigenvalue weighted by Crippen LogP contribution is -2.03. The molecule has 17 heavy (non-hydrogen) atoms. The minimum atomic E-state index is -2.83. The quantitative estimate of drug-likeness (QED) is 0.686. The van der Waals surface area contributed by atoms with Crippen molar-refractivity contribution in [1.29, 1.82) is 0 Å². The predicted octanol–water partition coefficient (Wildman–Crippen LogP) is 5.08. The van der Waals surface area contributed by atoms with Crippen LogP contribution in [-0.2, 0) is 0 Å². The molecule has 0 saturated carbocycles. The highest BCUT2D eigenvalue weighted by Gasteiger charge is 2.09. The van der Waals surface area contributed by atoms with Crippen molar-refractivity contribution >= 4 is 33.6 Å². The Morgan fingerprint density at radius 3 is 2.76 bits per heavy atom. The molecule has 0 N–H and O–H groups in total. The molecular formula is C12H12BrClF2O. The van der Waals surface area contributed by atoms with Gasteiger partial charge in [0.2, 0.25) is 0 Å². The Morgan fingerprint density at radius 2 is 2.24 bits per heavy atom. The highest BCUT2D eigenvalue weighted by atomic mass is 79.9. The largest absolute Gasteiger partial charge is 0.434 e. The molecule has 0 bridgehead atoms. The molecule has 94 valence electrons. The number of hydrogen-bond acceptors (Lipinski definition) is 1. The fourth-order valence-electron chi connectivity index (χ4n) is 1.29. The molecule has 1 nitrogen and oxygen atoms in total. The summed E-state index contributed by atoms with van der Waals surface area (Å²) in [5, 5.41) is 0. The third-order valence-corrected chi connectivity index (χ3v) is 3.01. The zero-order chi connectivity index (χ0) is 12.8. The molecule has 0 saturated heterocycles. The third kappa shape index (κ3) is 4.64. The summed E-state index contributed by atoms with van der Waals surface area (Å²) < 4.78 is 29.7. The molecule has 1 aromatic rings. The Hall–Kier alpha value is -0.610. The van der Waals surface area contributed by atoms with Gasteiger partial charge in [0, 0.05) is 15.9 Å². The van der Waals surface area contributed by atoms with Crippen LogP contribution in [0.15, 0.2) is 28.2 Å². The maximum atomic E-state index is 12.2. The Morgan fingerprint density at radius 1 is 1.53 bits per heavy atom. The Labute approximate surface area is 113 Å². The van der Waals surface area contributed by atoms with Crippen molar-refractivity contribution in [2.24, 2.45) is 0 Å². The molecule has 0 aliphatic heterocycles. The van der Waals surface area contributed by atoms with Crippen LogP contribution in [0.1, 0.15) is 18.9 Å². The molecule has 0 atom stereocenters. The van der Waals surface area contributed by atoms with Gasteiger partial charge in [-0.05, 0) is 24.6 Å². The van der Waals surface area contributed by atoms with Gasteiger partial charge >= 0.3 is 6.61 Å². The van der Waals surface area contributed by atoms with E-state index in [0.29, 0.717) is 11.4 Å². The minimum absolute atomic E-state index is 0.152. The van der Waals surface area contributed by atoms with Crippen molar-refractivity contribution in [1.82, 2.24) is 0 Å². The number of allylic oxidation sites excluding steroid dienone is 1. The first-order valence-electron chi connectivity index (χ1n) is 5.06. The summed E-state index contributed by atoms with van der Waals surface area (Å²) >= 11 is 9.04. The summed E-state index contributed by atoms with van der Waals surface area (Å²) in [5.41, 5.74) is 1.56. The van der Waals surface area contributed by atoms with Gasteiger partial charge in [0.1, 0.15) is 5.75 Å². The second-order valence-corrected chi connectivity index (χ2v) is 4.53. The molecular weight excluding hydrogens is 313 g/mol. The fraction of sp³-hybridized carbons (Fsp3) is 0.333. The second-order valence-electron chi connectivity index (χ2n) is 3.35. The number of ether oxygens (including phenoxy) is 1. The molecule has 0 aromatic heterocycles. The molecule has 0 aliphatic rings. The lowest BCUT2D eigenvalue weighted by Gasteiger charge is -2.09. The molecule has 1 rings (SSSR count). The lowest BCUT2D eigenvalue weighted by molar-refractivity contribution is -0.0500. The molecule has 5 heteroatoms. The van der Waals surface area contributed by atoms with Crippen LogP contribution in [0.25, 0.3) is 6.08 Å². The van der Waals surface area contributed by atoms with Crippen LogP contribution in [0.3, 0.4) is 0 Å². The van der Waals surface area contributed by atoms with Crippen molar-refractivity contribution in [2.75, 3.05) is 5.88 Å². The van der Waals surface area contributed by atoms with E-state index in [0.717, 1.165) is 16.5 Å². The van der Waals surface area contributed by atoms with Gasteiger partial charge in [-0.3, -0.25) is 0 Å². The van der Waals surface area contributed by atoms with Crippen LogP contribution in [0.5, 0.6) is 5.75 Å². The summed E-state index contributed by atoms with van der Waals surface area (Å²) in [6.07, 6.45) is 2.54. The molecule has 0 aliphatic carbocycles. The van der Waals surface area contributed by atoms with Crippen LogP contribution >= 0.6 is 27.5 Å². The third-order valence-electron chi connectivity index (χ3n) is 2.17. The standard InChI is InChI=1S/C12H12BrClF2O/c1-2-8(7-14)5-9-6-10(13)3-4-11(9)17-12(15)16/h3-6,12H,2,7H2,1H3. The van der Waals surface area contributed by atoms with Crippen molar-refractivity contribution in [3.05, 3.63) is 33.8 Å². The van der Waals surface area contributed by atoms with Gasteiger partial charge in [-0.15, -0.1) is 11.6 Å². The van der Waals surface area contributed by atoms with E-state index in [4.69, 9.17) is 11.6 Å². The van der Waals surface area contributed by atoms with Crippen molar-refractivity contribution < 1.29 is 13.5 Å². The topological polar surface area (TPSA) is 9.23 Å². The zero-order valence-corrected chi connectivity index (χ0v) is 11.6. The van der Waals surface area contributed by atoms with Gasteiger partial charge in [0.25, 0.3) is 0 Å². The molecule has 0 heterocycles. The van der Waals surface area contributed by atoms with Gasteiger partial charge in [-0.2, -0.15) is 8.78 Å². The first-order valence-corrected chi connectivity index (χ1v) is 6.39. The lowest BCUT2D eigenvalue weighted by atomic mass is 10.1. The van der Waals surface area contributed by atoms with Gasteiger partial charge in [-0.25, -0.2) is 0 Å². The fourth-order valence-corrected chi connectivity index (χ4v) is 1.94. The van der Waals surface area contributed by atoms with Gasteiger partial charge in [0.05, 0.1) is 0 Å². The van der Waals surface area contributed by atoms with E-state index in [1.54, 1.807) is 18.2 Å². The molecule has 0 amide bonds. The van der Waals surface area contributed by atoms with Crippen molar-refractivity contribution in [3.8, 4) is 5.75 Å². The first-order chi connectivity index (χ1) is 8.06. The number of benzene rings is 1. The Kier molecular flexibility index (Phi) is 5.92. The zero-order valence-electron chi connectivity index (χ0n) is 9.22. The van der Waals surface area contributed by atoms with Crippen molar-refractivity contribution in [2.45, 2.75) is 20.0 Å². The van der Waals surface area contributed by atoms with Crippen LogP contribution in [0.2, 0.25) is 0 Å². The molecule has 0 radical (unpaired) electrons. The van der Waals surface area contributed by atoms with E-state index in [1.807, 2.05) is 6.92 Å². The molecule has 0 fully saturated rings. The second kappa shape index (κ2) is 6.97. The normalized spacial score (nSPS) is 12.0.